The van der Waals surface area contributed by atoms with Crippen molar-refractivity contribution in [1.82, 2.24) is 15.1 Å². The summed E-state index contributed by atoms with van der Waals surface area (Å²) in [5, 5.41) is 3.13. The van der Waals surface area contributed by atoms with Crippen LogP contribution < -0.4 is 5.32 Å². The molecule has 5 nitrogen and oxygen atoms in total. The fraction of sp³-hybridized carbons (Fsp3) is 0.938. The van der Waals surface area contributed by atoms with E-state index in [4.69, 9.17) is 4.74 Å². The molecule has 0 aliphatic carbocycles. The third kappa shape index (κ3) is 5.57. The molecule has 1 N–H and O–H groups in total. The van der Waals surface area contributed by atoms with Crippen LogP contribution in [0.5, 0.6) is 0 Å². The summed E-state index contributed by atoms with van der Waals surface area (Å²) < 4.78 is 5.17. The Morgan fingerprint density at radius 3 is 2.76 bits per heavy atom. The van der Waals surface area contributed by atoms with Gasteiger partial charge in [0.15, 0.2) is 0 Å². The number of carbonyl (C=O) groups is 1. The largest absolute Gasteiger partial charge is 0.465 e. The highest BCUT2D eigenvalue weighted by atomic mass is 16.5. The minimum Gasteiger partial charge on any atom is -0.465 e. The SMILES string of the molecule is CCOC(=O)C(C)(CCCN1CCCC(N(C)C)C1)NC. The van der Waals surface area contributed by atoms with Gasteiger partial charge in [-0.25, -0.2) is 0 Å². The lowest BCUT2D eigenvalue weighted by Gasteiger charge is -2.36. The van der Waals surface area contributed by atoms with Crippen molar-refractivity contribution < 1.29 is 9.53 Å². The number of carbonyl (C=O) groups excluding carboxylic acids is 1. The number of rotatable bonds is 8. The quantitative estimate of drug-likeness (QED) is 0.685. The van der Waals surface area contributed by atoms with Gasteiger partial charge in [0.2, 0.25) is 0 Å². The number of likely N-dealkylation sites (N-methyl/N-ethyl adjacent to an activating group) is 2. The zero-order valence-electron chi connectivity index (χ0n) is 14.4. The van der Waals surface area contributed by atoms with Crippen molar-refractivity contribution in [3.8, 4) is 0 Å². The molecular formula is C16H33N3O2. The highest BCUT2D eigenvalue weighted by Crippen LogP contribution is 2.18. The Kier molecular flexibility index (Phi) is 7.63. The maximum Gasteiger partial charge on any atom is 0.326 e. The Labute approximate surface area is 130 Å². The molecule has 1 aliphatic heterocycles. The molecule has 0 aromatic heterocycles. The number of esters is 1. The molecule has 1 aliphatic rings. The van der Waals surface area contributed by atoms with Gasteiger partial charge in [-0.15, -0.1) is 0 Å². The summed E-state index contributed by atoms with van der Waals surface area (Å²) in [6.45, 7) is 7.60. The first-order valence-electron chi connectivity index (χ1n) is 8.18. The van der Waals surface area contributed by atoms with Gasteiger partial charge in [-0.3, -0.25) is 4.79 Å². The predicted molar refractivity (Wildman–Crippen MR) is 86.5 cm³/mol. The van der Waals surface area contributed by atoms with Crippen LogP contribution in [0, 0.1) is 0 Å². The van der Waals surface area contributed by atoms with Crippen LogP contribution in [0.1, 0.15) is 39.5 Å². The molecule has 1 heterocycles. The minimum absolute atomic E-state index is 0.141. The van der Waals surface area contributed by atoms with Gasteiger partial charge in [0.05, 0.1) is 6.61 Å². The van der Waals surface area contributed by atoms with Gasteiger partial charge in [-0.2, -0.15) is 0 Å². The first-order valence-corrected chi connectivity index (χ1v) is 8.18. The van der Waals surface area contributed by atoms with E-state index < -0.39 is 5.54 Å². The number of piperidine rings is 1. The molecule has 0 aromatic carbocycles. The molecule has 5 heteroatoms. The van der Waals surface area contributed by atoms with E-state index in [0.29, 0.717) is 12.6 Å². The number of hydrogen-bond acceptors (Lipinski definition) is 5. The average molecular weight is 299 g/mol. The monoisotopic (exact) mass is 299 g/mol. The predicted octanol–water partition coefficient (Wildman–Crippen LogP) is 1.33. The number of nitrogens with zero attached hydrogens (tertiary/aromatic N) is 2. The van der Waals surface area contributed by atoms with Crippen molar-refractivity contribution in [2.24, 2.45) is 0 Å². The summed E-state index contributed by atoms with van der Waals surface area (Å²) >= 11 is 0. The van der Waals surface area contributed by atoms with E-state index >= 15 is 0 Å². The smallest absolute Gasteiger partial charge is 0.326 e. The third-order valence-corrected chi connectivity index (χ3v) is 4.64. The molecule has 0 saturated carbocycles. The molecule has 0 spiro atoms. The molecule has 1 rings (SSSR count). The number of nitrogens with one attached hydrogen (secondary N) is 1. The van der Waals surface area contributed by atoms with E-state index in [-0.39, 0.29) is 5.97 Å². The van der Waals surface area contributed by atoms with Gasteiger partial charge in [0.25, 0.3) is 0 Å². The van der Waals surface area contributed by atoms with Crippen LogP contribution in [0.2, 0.25) is 0 Å². The van der Waals surface area contributed by atoms with Crippen LogP contribution in [0.15, 0.2) is 0 Å². The fourth-order valence-electron chi connectivity index (χ4n) is 2.93. The van der Waals surface area contributed by atoms with Crippen molar-refractivity contribution in [3.05, 3.63) is 0 Å². The number of hydrogen-bond donors (Lipinski definition) is 1. The lowest BCUT2D eigenvalue weighted by molar-refractivity contribution is -0.150. The third-order valence-electron chi connectivity index (χ3n) is 4.64. The molecule has 0 radical (unpaired) electrons. The second-order valence-electron chi connectivity index (χ2n) is 6.47. The van der Waals surface area contributed by atoms with Crippen molar-refractivity contribution in [2.75, 3.05) is 47.4 Å². The highest BCUT2D eigenvalue weighted by Gasteiger charge is 2.32. The van der Waals surface area contributed by atoms with Crippen molar-refractivity contribution in [1.29, 1.82) is 0 Å². The fourth-order valence-corrected chi connectivity index (χ4v) is 2.93. The first kappa shape index (κ1) is 18.4. The Morgan fingerprint density at radius 1 is 1.48 bits per heavy atom. The number of likely N-dealkylation sites (tertiary alicyclic amines) is 1. The molecule has 0 amide bonds. The molecule has 2 atom stereocenters. The maximum atomic E-state index is 12.0. The van der Waals surface area contributed by atoms with Crippen LogP contribution in [0.3, 0.4) is 0 Å². The maximum absolute atomic E-state index is 12.0. The van der Waals surface area contributed by atoms with Crippen LogP contribution in [0.4, 0.5) is 0 Å². The van der Waals surface area contributed by atoms with Crippen molar-refractivity contribution in [2.45, 2.75) is 51.1 Å². The molecule has 1 saturated heterocycles. The van der Waals surface area contributed by atoms with Gasteiger partial charge in [-0.05, 0) is 73.8 Å². The number of ether oxygens (including phenoxy) is 1. The molecular weight excluding hydrogens is 266 g/mol. The topological polar surface area (TPSA) is 44.8 Å². The van der Waals surface area contributed by atoms with E-state index in [1.165, 1.54) is 19.4 Å². The van der Waals surface area contributed by atoms with E-state index in [1.54, 1.807) is 0 Å². The normalized spacial score (nSPS) is 23.0. The average Bonchev–Trinajstić information content (AvgIpc) is 2.47. The van der Waals surface area contributed by atoms with E-state index in [1.807, 2.05) is 20.9 Å². The van der Waals surface area contributed by atoms with Crippen LogP contribution in [-0.2, 0) is 9.53 Å². The van der Waals surface area contributed by atoms with Gasteiger partial charge >= 0.3 is 5.97 Å². The summed E-state index contributed by atoms with van der Waals surface area (Å²) in [4.78, 5) is 16.9. The molecule has 124 valence electrons. The Bertz CT molecular complexity index is 323. The zero-order valence-corrected chi connectivity index (χ0v) is 14.4. The summed E-state index contributed by atoms with van der Waals surface area (Å²) in [6.07, 6.45) is 4.38. The van der Waals surface area contributed by atoms with Crippen LogP contribution in [-0.4, -0.2) is 74.7 Å². The Morgan fingerprint density at radius 2 is 2.19 bits per heavy atom. The molecule has 1 fully saturated rings. The molecule has 0 aromatic rings. The minimum atomic E-state index is -0.563. The molecule has 0 bridgehead atoms. The summed E-state index contributed by atoms with van der Waals surface area (Å²) in [5.74, 6) is -0.141. The van der Waals surface area contributed by atoms with Crippen LogP contribution >= 0.6 is 0 Å². The van der Waals surface area contributed by atoms with Gasteiger partial charge in [-0.1, -0.05) is 0 Å². The van der Waals surface area contributed by atoms with Crippen molar-refractivity contribution in [3.63, 3.8) is 0 Å². The standard InChI is InChI=1S/C16H33N3O2/c1-6-21-15(20)16(2,17-3)10-8-12-19-11-7-9-14(13-19)18(4)5/h14,17H,6-13H2,1-5H3. The van der Waals surface area contributed by atoms with Crippen molar-refractivity contribution >= 4 is 5.97 Å². The zero-order chi connectivity index (χ0) is 15.9. The summed E-state index contributed by atoms with van der Waals surface area (Å²) in [6, 6.07) is 0.666. The van der Waals surface area contributed by atoms with E-state index in [2.05, 4.69) is 29.2 Å². The lowest BCUT2D eigenvalue weighted by Crippen LogP contribution is -2.49. The van der Waals surface area contributed by atoms with Gasteiger partial charge in [0, 0.05) is 12.6 Å². The summed E-state index contributed by atoms with van der Waals surface area (Å²) in [5.41, 5.74) is -0.563. The second kappa shape index (κ2) is 8.71. The Balaban J connectivity index is 2.39. The lowest BCUT2D eigenvalue weighted by atomic mass is 9.95. The van der Waals surface area contributed by atoms with E-state index in [9.17, 15) is 4.79 Å². The summed E-state index contributed by atoms with van der Waals surface area (Å²) in [7, 11) is 6.15. The molecule has 2 unspecified atom stereocenters. The first-order chi connectivity index (χ1) is 9.92. The highest BCUT2D eigenvalue weighted by molar-refractivity contribution is 5.80. The van der Waals surface area contributed by atoms with E-state index in [0.717, 1.165) is 25.9 Å². The van der Waals surface area contributed by atoms with Crippen LogP contribution in [0.25, 0.3) is 0 Å². The second-order valence-corrected chi connectivity index (χ2v) is 6.47. The Hall–Kier alpha value is -0.650. The van der Waals surface area contributed by atoms with Gasteiger partial charge < -0.3 is 19.9 Å². The molecule has 21 heavy (non-hydrogen) atoms. The van der Waals surface area contributed by atoms with Gasteiger partial charge in [0.1, 0.15) is 5.54 Å².